The Labute approximate surface area is 86.7 Å². The maximum Gasteiger partial charge on any atom is 0.222 e. The molecule has 0 aromatic heterocycles. The summed E-state index contributed by atoms with van der Waals surface area (Å²) in [5.74, 6) is 2.55. The summed E-state index contributed by atoms with van der Waals surface area (Å²) in [7, 11) is 0. The Kier molecular flexibility index (Phi) is 2.80. The van der Waals surface area contributed by atoms with Crippen molar-refractivity contribution in [1.29, 1.82) is 0 Å². The number of carbonyl (C=O) groups is 1. The summed E-state index contributed by atoms with van der Waals surface area (Å²) in [5.41, 5.74) is 0. The van der Waals surface area contributed by atoms with E-state index in [1.165, 1.54) is 19.3 Å². The van der Waals surface area contributed by atoms with Gasteiger partial charge in [0.25, 0.3) is 0 Å². The van der Waals surface area contributed by atoms with E-state index < -0.39 is 0 Å². The van der Waals surface area contributed by atoms with Crippen LogP contribution in [-0.2, 0) is 4.79 Å². The van der Waals surface area contributed by atoms with Gasteiger partial charge in [-0.3, -0.25) is 4.79 Å². The summed E-state index contributed by atoms with van der Waals surface area (Å²) < 4.78 is 0. The van der Waals surface area contributed by atoms with Crippen molar-refractivity contribution in [3.05, 3.63) is 0 Å². The average molecular weight is 195 g/mol. The minimum atomic E-state index is 0.404. The Morgan fingerprint density at radius 1 is 1.36 bits per heavy atom. The van der Waals surface area contributed by atoms with Crippen molar-refractivity contribution in [2.24, 2.45) is 17.8 Å². The van der Waals surface area contributed by atoms with E-state index in [2.05, 4.69) is 18.7 Å². The lowest BCUT2D eigenvalue weighted by Gasteiger charge is -2.33. The highest BCUT2D eigenvalue weighted by Crippen LogP contribution is 2.32. The Morgan fingerprint density at radius 2 is 2.07 bits per heavy atom. The topological polar surface area (TPSA) is 20.3 Å². The molecule has 0 N–H and O–H groups in total. The zero-order valence-electron chi connectivity index (χ0n) is 9.33. The average Bonchev–Trinajstić information content (AvgIpc) is 2.92. The lowest BCUT2D eigenvalue weighted by Crippen LogP contribution is -2.41. The molecule has 0 aromatic rings. The molecule has 0 bridgehead atoms. The van der Waals surface area contributed by atoms with Gasteiger partial charge >= 0.3 is 0 Å². The van der Waals surface area contributed by atoms with Crippen LogP contribution in [0.4, 0.5) is 0 Å². The van der Waals surface area contributed by atoms with Crippen LogP contribution in [0.15, 0.2) is 0 Å². The van der Waals surface area contributed by atoms with E-state index in [0.717, 1.165) is 25.4 Å². The third kappa shape index (κ3) is 2.28. The number of rotatable bonds is 3. The van der Waals surface area contributed by atoms with Gasteiger partial charge in [0.05, 0.1) is 0 Å². The first-order valence-corrected chi connectivity index (χ1v) is 5.94. The summed E-state index contributed by atoms with van der Waals surface area (Å²) in [5, 5.41) is 0. The molecule has 1 saturated heterocycles. The molecule has 1 aliphatic carbocycles. The van der Waals surface area contributed by atoms with Gasteiger partial charge < -0.3 is 4.90 Å². The van der Waals surface area contributed by atoms with E-state index in [9.17, 15) is 4.79 Å². The second-order valence-electron chi connectivity index (χ2n) is 5.28. The van der Waals surface area contributed by atoms with E-state index in [1.807, 2.05) is 0 Å². The molecule has 2 heteroatoms. The van der Waals surface area contributed by atoms with Crippen molar-refractivity contribution >= 4 is 5.91 Å². The second-order valence-corrected chi connectivity index (χ2v) is 5.28. The zero-order chi connectivity index (χ0) is 10.1. The summed E-state index contributed by atoms with van der Waals surface area (Å²) in [6, 6.07) is 0. The van der Waals surface area contributed by atoms with Gasteiger partial charge in [-0.25, -0.2) is 0 Å². The number of nitrogens with zero attached hydrogens (tertiary/aromatic N) is 1. The van der Waals surface area contributed by atoms with Crippen molar-refractivity contribution in [2.75, 3.05) is 13.1 Å². The van der Waals surface area contributed by atoms with Gasteiger partial charge in [0, 0.05) is 19.5 Å². The first-order chi connectivity index (χ1) is 6.66. The molecule has 1 saturated carbocycles. The van der Waals surface area contributed by atoms with Gasteiger partial charge in [-0.15, -0.1) is 0 Å². The third-order valence-corrected chi connectivity index (χ3v) is 3.68. The lowest BCUT2D eigenvalue weighted by atomic mass is 9.86. The van der Waals surface area contributed by atoms with Crippen molar-refractivity contribution in [2.45, 2.75) is 39.5 Å². The smallest absolute Gasteiger partial charge is 0.222 e. The number of amides is 1. The standard InChI is InChI=1S/C12H21NO/c1-9(2)11-5-6-13(12(14)7-11)8-10-3-4-10/h9-11H,3-8H2,1-2H3. The highest BCUT2D eigenvalue weighted by molar-refractivity contribution is 5.77. The first-order valence-electron chi connectivity index (χ1n) is 5.94. The van der Waals surface area contributed by atoms with Crippen LogP contribution >= 0.6 is 0 Å². The van der Waals surface area contributed by atoms with Gasteiger partial charge in [0.1, 0.15) is 0 Å². The minimum Gasteiger partial charge on any atom is -0.342 e. The molecule has 2 aliphatic rings. The Morgan fingerprint density at radius 3 is 2.57 bits per heavy atom. The predicted molar refractivity (Wildman–Crippen MR) is 56.9 cm³/mol. The van der Waals surface area contributed by atoms with Gasteiger partial charge in [0.2, 0.25) is 5.91 Å². The van der Waals surface area contributed by atoms with Gasteiger partial charge in [0.15, 0.2) is 0 Å². The number of likely N-dealkylation sites (tertiary alicyclic amines) is 1. The van der Waals surface area contributed by atoms with Crippen molar-refractivity contribution in [3.63, 3.8) is 0 Å². The van der Waals surface area contributed by atoms with Crippen LogP contribution in [0.25, 0.3) is 0 Å². The predicted octanol–water partition coefficient (Wildman–Crippen LogP) is 2.29. The van der Waals surface area contributed by atoms with Crippen molar-refractivity contribution in [1.82, 2.24) is 4.90 Å². The van der Waals surface area contributed by atoms with Gasteiger partial charge in [-0.05, 0) is 37.0 Å². The fourth-order valence-electron chi connectivity index (χ4n) is 2.28. The Hall–Kier alpha value is -0.530. The van der Waals surface area contributed by atoms with E-state index >= 15 is 0 Å². The molecule has 2 nitrogen and oxygen atoms in total. The fourth-order valence-corrected chi connectivity index (χ4v) is 2.28. The lowest BCUT2D eigenvalue weighted by molar-refractivity contribution is -0.135. The SMILES string of the molecule is CC(C)C1CCN(CC2CC2)C(=O)C1. The summed E-state index contributed by atoms with van der Waals surface area (Å²) in [6.45, 7) is 6.52. The zero-order valence-corrected chi connectivity index (χ0v) is 9.33. The first kappa shape index (κ1) is 10.0. The quantitative estimate of drug-likeness (QED) is 0.676. The number of hydrogen-bond donors (Lipinski definition) is 0. The van der Waals surface area contributed by atoms with E-state index in [-0.39, 0.29) is 0 Å². The molecule has 0 spiro atoms. The fraction of sp³-hybridized carbons (Fsp3) is 0.917. The molecule has 80 valence electrons. The largest absolute Gasteiger partial charge is 0.342 e. The van der Waals surface area contributed by atoms with E-state index in [0.29, 0.717) is 17.7 Å². The molecule has 0 aromatic carbocycles. The van der Waals surface area contributed by atoms with Crippen LogP contribution in [-0.4, -0.2) is 23.9 Å². The summed E-state index contributed by atoms with van der Waals surface area (Å²) in [6.07, 6.45) is 4.70. The Bertz CT molecular complexity index is 220. The number of carbonyl (C=O) groups excluding carboxylic acids is 1. The summed E-state index contributed by atoms with van der Waals surface area (Å²) in [4.78, 5) is 13.9. The highest BCUT2D eigenvalue weighted by Gasteiger charge is 2.31. The van der Waals surface area contributed by atoms with Crippen molar-refractivity contribution < 1.29 is 4.79 Å². The Balaban J connectivity index is 1.83. The van der Waals surface area contributed by atoms with E-state index in [4.69, 9.17) is 0 Å². The van der Waals surface area contributed by atoms with Crippen LogP contribution in [0.2, 0.25) is 0 Å². The maximum absolute atomic E-state index is 11.8. The molecule has 1 atom stereocenters. The molecule has 2 fully saturated rings. The monoisotopic (exact) mass is 195 g/mol. The number of hydrogen-bond acceptors (Lipinski definition) is 1. The molecule has 1 aliphatic heterocycles. The van der Waals surface area contributed by atoms with Gasteiger partial charge in [-0.1, -0.05) is 13.8 Å². The van der Waals surface area contributed by atoms with Crippen molar-refractivity contribution in [3.8, 4) is 0 Å². The highest BCUT2D eigenvalue weighted by atomic mass is 16.2. The number of piperidine rings is 1. The maximum atomic E-state index is 11.8. The van der Waals surface area contributed by atoms with Crippen LogP contribution in [0, 0.1) is 17.8 Å². The van der Waals surface area contributed by atoms with Crippen LogP contribution < -0.4 is 0 Å². The molecule has 2 rings (SSSR count). The molecule has 1 unspecified atom stereocenters. The van der Waals surface area contributed by atoms with Gasteiger partial charge in [-0.2, -0.15) is 0 Å². The van der Waals surface area contributed by atoms with Crippen LogP contribution in [0.3, 0.4) is 0 Å². The molecule has 1 heterocycles. The molecular weight excluding hydrogens is 174 g/mol. The molecule has 0 radical (unpaired) electrons. The normalized spacial score (nSPS) is 28.6. The summed E-state index contributed by atoms with van der Waals surface area (Å²) >= 11 is 0. The van der Waals surface area contributed by atoms with E-state index in [1.54, 1.807) is 0 Å². The van der Waals surface area contributed by atoms with Crippen LogP contribution in [0.1, 0.15) is 39.5 Å². The third-order valence-electron chi connectivity index (χ3n) is 3.68. The van der Waals surface area contributed by atoms with Crippen LogP contribution in [0.5, 0.6) is 0 Å². The molecule has 14 heavy (non-hydrogen) atoms. The molecular formula is C12H21NO. The minimum absolute atomic E-state index is 0.404. The second kappa shape index (κ2) is 3.92. The molecule has 1 amide bonds.